The van der Waals surface area contributed by atoms with Gasteiger partial charge in [-0.3, -0.25) is 5.10 Å². The normalized spacial score (nSPS) is 11.5. The van der Waals surface area contributed by atoms with Crippen molar-refractivity contribution in [2.45, 2.75) is 12.7 Å². The predicted molar refractivity (Wildman–Crippen MR) is 111 cm³/mol. The number of amides is 2. The molecule has 0 aliphatic heterocycles. The molecule has 0 aliphatic rings. The molecule has 7 nitrogen and oxygen atoms in total. The van der Waals surface area contributed by atoms with Gasteiger partial charge in [-0.1, -0.05) is 12.1 Å². The number of nitrogens with zero attached hydrogens (tertiary/aromatic N) is 2. The van der Waals surface area contributed by atoms with Gasteiger partial charge >= 0.3 is 12.2 Å². The molecule has 11 heteroatoms. The van der Waals surface area contributed by atoms with Crippen molar-refractivity contribution in [3.63, 3.8) is 0 Å². The Morgan fingerprint density at radius 1 is 1.03 bits per heavy atom. The summed E-state index contributed by atoms with van der Waals surface area (Å²) in [4.78, 5) is 16.4. The molecule has 0 radical (unpaired) electrons. The zero-order chi connectivity index (χ0) is 22.9. The van der Waals surface area contributed by atoms with E-state index in [0.717, 1.165) is 28.3 Å². The van der Waals surface area contributed by atoms with Gasteiger partial charge in [-0.05, 0) is 47.5 Å². The molecule has 2 aromatic carbocycles. The number of halogens is 4. The molecule has 0 atom stereocenters. The van der Waals surface area contributed by atoms with Gasteiger partial charge in [0.25, 0.3) is 0 Å². The van der Waals surface area contributed by atoms with Crippen LogP contribution in [0.3, 0.4) is 0 Å². The Morgan fingerprint density at radius 2 is 1.72 bits per heavy atom. The highest BCUT2D eigenvalue weighted by Gasteiger charge is 2.34. The van der Waals surface area contributed by atoms with E-state index >= 15 is 0 Å². The molecule has 0 aliphatic carbocycles. The van der Waals surface area contributed by atoms with Crippen molar-refractivity contribution < 1.29 is 22.4 Å². The summed E-state index contributed by atoms with van der Waals surface area (Å²) in [5, 5.41) is 12.6. The van der Waals surface area contributed by atoms with Crippen LogP contribution in [0.4, 0.5) is 33.7 Å². The van der Waals surface area contributed by atoms with E-state index in [2.05, 4.69) is 25.8 Å². The third kappa shape index (κ3) is 4.23. The van der Waals surface area contributed by atoms with Gasteiger partial charge in [0.05, 0.1) is 16.6 Å². The molecule has 4 rings (SSSR count). The minimum absolute atomic E-state index is 0.193. The Kier molecular flexibility index (Phi) is 5.49. The Bertz CT molecular complexity index is 1280. The van der Waals surface area contributed by atoms with E-state index < -0.39 is 23.6 Å². The number of aromatic amines is 1. The topological polar surface area (TPSA) is 109 Å². The lowest BCUT2D eigenvalue weighted by Crippen LogP contribution is -2.20. The van der Waals surface area contributed by atoms with E-state index in [-0.39, 0.29) is 12.2 Å². The number of anilines is 2. The van der Waals surface area contributed by atoms with Crippen LogP contribution in [0.15, 0.2) is 54.7 Å². The van der Waals surface area contributed by atoms with Gasteiger partial charge in [0.2, 0.25) is 0 Å². The third-order valence-corrected chi connectivity index (χ3v) is 4.72. The maximum Gasteiger partial charge on any atom is 0.419 e. The van der Waals surface area contributed by atoms with Crippen molar-refractivity contribution in [2.75, 3.05) is 10.6 Å². The average molecular weight is 444 g/mol. The van der Waals surface area contributed by atoms with E-state index in [1.54, 1.807) is 30.5 Å². The molecule has 164 valence electrons. The van der Waals surface area contributed by atoms with Crippen molar-refractivity contribution in [1.29, 1.82) is 0 Å². The molecule has 2 amide bonds. The van der Waals surface area contributed by atoms with Crippen molar-refractivity contribution in [1.82, 2.24) is 15.2 Å². The Hall–Kier alpha value is -3.99. The number of urea groups is 1. The molecule has 0 spiro atoms. The number of hydrogen-bond acceptors (Lipinski definition) is 4. The number of aromatic nitrogens is 3. The van der Waals surface area contributed by atoms with Gasteiger partial charge in [0.1, 0.15) is 5.82 Å². The minimum Gasteiger partial charge on any atom is -0.325 e. The fourth-order valence-electron chi connectivity index (χ4n) is 3.24. The first-order valence-corrected chi connectivity index (χ1v) is 9.33. The van der Waals surface area contributed by atoms with Crippen LogP contribution < -0.4 is 16.4 Å². The SMILES string of the molecule is NCc1[nH]nc2nccc(-c3ccc(NC(=O)Nc4ccc(F)c(C(F)(F)F)c4)cc3)c12. The van der Waals surface area contributed by atoms with Gasteiger partial charge in [-0.25, -0.2) is 14.2 Å². The lowest BCUT2D eigenvalue weighted by Gasteiger charge is -2.12. The van der Waals surface area contributed by atoms with Crippen LogP contribution in [-0.4, -0.2) is 21.2 Å². The van der Waals surface area contributed by atoms with E-state index in [1.165, 1.54) is 0 Å². The number of hydrogen-bond donors (Lipinski definition) is 4. The molecular weight excluding hydrogens is 428 g/mol. The van der Waals surface area contributed by atoms with E-state index in [1.807, 2.05) is 6.07 Å². The molecule has 4 aromatic rings. The molecule has 2 aromatic heterocycles. The molecule has 2 heterocycles. The van der Waals surface area contributed by atoms with Gasteiger partial charge in [0.15, 0.2) is 5.65 Å². The fourth-order valence-corrected chi connectivity index (χ4v) is 3.24. The molecule has 5 N–H and O–H groups in total. The van der Waals surface area contributed by atoms with Gasteiger partial charge in [0, 0.05) is 24.1 Å². The average Bonchev–Trinajstić information content (AvgIpc) is 3.18. The van der Waals surface area contributed by atoms with Crippen LogP contribution in [0.5, 0.6) is 0 Å². The maximum atomic E-state index is 13.4. The van der Waals surface area contributed by atoms with Gasteiger partial charge < -0.3 is 16.4 Å². The van der Waals surface area contributed by atoms with Crippen LogP contribution in [0.25, 0.3) is 22.2 Å². The third-order valence-electron chi connectivity index (χ3n) is 4.72. The van der Waals surface area contributed by atoms with Crippen molar-refractivity contribution in [3.05, 3.63) is 71.8 Å². The largest absolute Gasteiger partial charge is 0.419 e. The molecule has 0 saturated heterocycles. The summed E-state index contributed by atoms with van der Waals surface area (Å²) in [7, 11) is 0. The number of nitrogens with one attached hydrogen (secondary N) is 3. The second-order valence-corrected chi connectivity index (χ2v) is 6.81. The lowest BCUT2D eigenvalue weighted by atomic mass is 10.0. The quantitative estimate of drug-likeness (QED) is 0.336. The van der Waals surface area contributed by atoms with Crippen LogP contribution in [0.2, 0.25) is 0 Å². The number of fused-ring (bicyclic) bond motifs is 1. The molecule has 0 bridgehead atoms. The van der Waals surface area contributed by atoms with Crippen LogP contribution in [0, 0.1) is 5.82 Å². The van der Waals surface area contributed by atoms with Crippen molar-refractivity contribution >= 4 is 28.4 Å². The molecule has 0 fully saturated rings. The predicted octanol–water partition coefficient (Wildman–Crippen LogP) is 4.89. The summed E-state index contributed by atoms with van der Waals surface area (Å²) in [5.41, 5.74) is 7.45. The number of benzene rings is 2. The monoisotopic (exact) mass is 444 g/mol. The number of carbonyl (C=O) groups is 1. The molecule has 0 saturated carbocycles. The Balaban J connectivity index is 1.50. The van der Waals surface area contributed by atoms with E-state index in [9.17, 15) is 22.4 Å². The van der Waals surface area contributed by atoms with E-state index in [0.29, 0.717) is 23.5 Å². The minimum atomic E-state index is -4.87. The number of rotatable bonds is 4. The molecule has 32 heavy (non-hydrogen) atoms. The lowest BCUT2D eigenvalue weighted by molar-refractivity contribution is -0.139. The summed E-state index contributed by atoms with van der Waals surface area (Å²) < 4.78 is 51.9. The highest BCUT2D eigenvalue weighted by Crippen LogP contribution is 2.33. The zero-order valence-electron chi connectivity index (χ0n) is 16.3. The molecule has 0 unspecified atom stereocenters. The fraction of sp³-hybridized carbons (Fsp3) is 0.0952. The second-order valence-electron chi connectivity index (χ2n) is 6.81. The summed E-state index contributed by atoms with van der Waals surface area (Å²) in [6.45, 7) is 0.258. The zero-order valence-corrected chi connectivity index (χ0v) is 16.3. The number of alkyl halides is 3. The van der Waals surface area contributed by atoms with Crippen LogP contribution in [0.1, 0.15) is 11.3 Å². The maximum absolute atomic E-state index is 13.4. The summed E-state index contributed by atoms with van der Waals surface area (Å²) in [5.74, 6) is -1.42. The van der Waals surface area contributed by atoms with Gasteiger partial charge in [-0.15, -0.1) is 0 Å². The number of carbonyl (C=O) groups excluding carboxylic acids is 1. The summed E-state index contributed by atoms with van der Waals surface area (Å²) in [6, 6.07) is 10.1. The highest BCUT2D eigenvalue weighted by molar-refractivity contribution is 6.00. The number of nitrogens with two attached hydrogens (primary N) is 1. The van der Waals surface area contributed by atoms with Crippen molar-refractivity contribution in [3.8, 4) is 11.1 Å². The Morgan fingerprint density at radius 3 is 2.41 bits per heavy atom. The molecular formula is C21H16F4N6O. The number of pyridine rings is 1. The first-order valence-electron chi connectivity index (χ1n) is 9.33. The van der Waals surface area contributed by atoms with E-state index in [4.69, 9.17) is 5.73 Å². The second kappa shape index (κ2) is 8.27. The first-order chi connectivity index (χ1) is 15.3. The first kappa shape index (κ1) is 21.2. The van der Waals surface area contributed by atoms with Gasteiger partial charge in [-0.2, -0.15) is 18.3 Å². The standard InChI is InChI=1S/C21H16F4N6O/c22-16-6-5-13(9-15(16)21(23,24)25)29-20(32)28-12-3-1-11(2-4-12)14-7-8-27-19-18(14)17(10-26)30-31-19/h1-9H,10,26H2,(H,27,30,31)(H2,28,29,32). The Labute approximate surface area is 178 Å². The number of H-pyrrole nitrogens is 1. The van der Waals surface area contributed by atoms with Crippen LogP contribution in [-0.2, 0) is 12.7 Å². The summed E-state index contributed by atoms with van der Waals surface area (Å²) in [6.07, 6.45) is -3.25. The van der Waals surface area contributed by atoms with Crippen molar-refractivity contribution in [2.24, 2.45) is 5.73 Å². The highest BCUT2D eigenvalue weighted by atomic mass is 19.4. The smallest absolute Gasteiger partial charge is 0.325 e. The van der Waals surface area contributed by atoms with Crippen LogP contribution >= 0.6 is 0 Å². The summed E-state index contributed by atoms with van der Waals surface area (Å²) >= 11 is 0.